The molecule has 0 atom stereocenters. The van der Waals surface area contributed by atoms with E-state index in [0.717, 1.165) is 4.73 Å². The zero-order valence-corrected chi connectivity index (χ0v) is 5.33. The highest BCUT2D eigenvalue weighted by molar-refractivity contribution is 5.66. The second-order valence-electron chi connectivity index (χ2n) is 1.67. The summed E-state index contributed by atoms with van der Waals surface area (Å²) in [6, 6.07) is 0. The molecule has 0 fully saturated rings. The number of H-pyrrole nitrogens is 1. The van der Waals surface area contributed by atoms with Crippen molar-refractivity contribution in [2.24, 2.45) is 0 Å². The number of carbonyl (C=O) groups is 1. The standard InChI is InChI=1S/C5H6N2O3/c1-4(8)10-7-3-2-6-5(7)9/h2-3H,1H3,(H,6,9). The number of nitrogens with one attached hydrogen (secondary N) is 1. The van der Waals surface area contributed by atoms with E-state index in [2.05, 4.69) is 9.82 Å². The van der Waals surface area contributed by atoms with Gasteiger partial charge in [0.15, 0.2) is 0 Å². The summed E-state index contributed by atoms with van der Waals surface area (Å²) in [7, 11) is 0. The Morgan fingerprint density at radius 3 is 2.90 bits per heavy atom. The summed E-state index contributed by atoms with van der Waals surface area (Å²) in [5.41, 5.74) is -0.463. The summed E-state index contributed by atoms with van der Waals surface area (Å²) in [6.07, 6.45) is 2.70. The smallest absolute Gasteiger partial charge is 0.333 e. The van der Waals surface area contributed by atoms with Gasteiger partial charge in [0.05, 0.1) is 6.20 Å². The van der Waals surface area contributed by atoms with Crippen molar-refractivity contribution in [3.05, 3.63) is 22.9 Å². The van der Waals surface area contributed by atoms with Crippen LogP contribution in [0.5, 0.6) is 0 Å². The first-order valence-electron chi connectivity index (χ1n) is 2.65. The van der Waals surface area contributed by atoms with Gasteiger partial charge in [-0.3, -0.25) is 0 Å². The first-order valence-corrected chi connectivity index (χ1v) is 2.65. The molecule has 0 aliphatic carbocycles. The Hall–Kier alpha value is -1.52. The number of aromatic nitrogens is 2. The van der Waals surface area contributed by atoms with Crippen LogP contribution in [0.4, 0.5) is 0 Å². The van der Waals surface area contributed by atoms with E-state index < -0.39 is 11.7 Å². The molecule has 1 N–H and O–H groups in total. The van der Waals surface area contributed by atoms with Crippen molar-refractivity contribution in [3.8, 4) is 0 Å². The Morgan fingerprint density at radius 1 is 1.80 bits per heavy atom. The van der Waals surface area contributed by atoms with Crippen molar-refractivity contribution in [2.45, 2.75) is 6.92 Å². The Morgan fingerprint density at radius 2 is 2.50 bits per heavy atom. The molecular weight excluding hydrogens is 136 g/mol. The molecule has 0 aliphatic rings. The number of carbonyl (C=O) groups excluding carboxylic acids is 1. The van der Waals surface area contributed by atoms with E-state index in [1.54, 1.807) is 0 Å². The van der Waals surface area contributed by atoms with Crippen LogP contribution in [0.15, 0.2) is 17.2 Å². The highest BCUT2D eigenvalue weighted by Crippen LogP contribution is 1.72. The molecule has 5 heteroatoms. The number of nitrogens with zero attached hydrogens (tertiary/aromatic N) is 1. The molecule has 5 nitrogen and oxygen atoms in total. The van der Waals surface area contributed by atoms with Crippen LogP contribution in [-0.2, 0) is 4.79 Å². The van der Waals surface area contributed by atoms with E-state index in [9.17, 15) is 9.59 Å². The molecule has 0 unspecified atom stereocenters. The monoisotopic (exact) mass is 142 g/mol. The molecular formula is C5H6N2O3. The SMILES string of the molecule is CC(=O)On1cc[nH]c1=O. The van der Waals surface area contributed by atoms with E-state index in [-0.39, 0.29) is 0 Å². The maximum absolute atomic E-state index is 10.6. The van der Waals surface area contributed by atoms with Crippen molar-refractivity contribution < 1.29 is 9.63 Å². The second kappa shape index (κ2) is 2.38. The lowest BCUT2D eigenvalue weighted by atomic mass is 10.8. The first kappa shape index (κ1) is 6.60. The van der Waals surface area contributed by atoms with Crippen LogP contribution in [0.2, 0.25) is 0 Å². The maximum Gasteiger partial charge on any atom is 0.359 e. The fraction of sp³-hybridized carbons (Fsp3) is 0.200. The molecule has 0 saturated heterocycles. The van der Waals surface area contributed by atoms with Crippen LogP contribution < -0.4 is 10.5 Å². The van der Waals surface area contributed by atoms with Gasteiger partial charge >= 0.3 is 11.7 Å². The van der Waals surface area contributed by atoms with Gasteiger partial charge in [0.1, 0.15) is 0 Å². The van der Waals surface area contributed by atoms with E-state index in [1.807, 2.05) is 0 Å². The third kappa shape index (κ3) is 1.25. The molecule has 54 valence electrons. The first-order chi connectivity index (χ1) is 4.70. The van der Waals surface area contributed by atoms with Crippen molar-refractivity contribution in [3.63, 3.8) is 0 Å². The zero-order chi connectivity index (χ0) is 7.56. The lowest BCUT2D eigenvalue weighted by molar-refractivity contribution is -0.141. The van der Waals surface area contributed by atoms with Crippen LogP contribution in [0.3, 0.4) is 0 Å². The predicted molar refractivity (Wildman–Crippen MR) is 32.3 cm³/mol. The third-order valence-corrected chi connectivity index (χ3v) is 0.844. The van der Waals surface area contributed by atoms with E-state index in [4.69, 9.17) is 0 Å². The molecule has 0 saturated carbocycles. The molecule has 1 aromatic heterocycles. The molecule has 10 heavy (non-hydrogen) atoms. The maximum atomic E-state index is 10.6. The number of rotatable bonds is 1. The summed E-state index contributed by atoms with van der Waals surface area (Å²) in [5, 5.41) is 0. The summed E-state index contributed by atoms with van der Waals surface area (Å²) >= 11 is 0. The van der Waals surface area contributed by atoms with E-state index >= 15 is 0 Å². The fourth-order valence-electron chi connectivity index (χ4n) is 0.518. The van der Waals surface area contributed by atoms with Gasteiger partial charge in [-0.25, -0.2) is 9.59 Å². The number of imidazole rings is 1. The van der Waals surface area contributed by atoms with Crippen LogP contribution in [-0.4, -0.2) is 15.7 Å². The van der Waals surface area contributed by atoms with E-state index in [0.29, 0.717) is 0 Å². The summed E-state index contributed by atoms with van der Waals surface area (Å²) in [6.45, 7) is 1.22. The molecule has 0 spiro atoms. The summed E-state index contributed by atoms with van der Waals surface area (Å²) < 4.78 is 0.822. The minimum absolute atomic E-state index is 0.463. The Kier molecular flexibility index (Phi) is 1.57. The van der Waals surface area contributed by atoms with Crippen molar-refractivity contribution >= 4 is 5.97 Å². The van der Waals surface area contributed by atoms with E-state index in [1.165, 1.54) is 19.3 Å². The van der Waals surface area contributed by atoms with Gasteiger partial charge in [0.2, 0.25) is 0 Å². The largest absolute Gasteiger partial charge is 0.359 e. The van der Waals surface area contributed by atoms with Gasteiger partial charge in [-0.05, 0) is 0 Å². The van der Waals surface area contributed by atoms with Crippen LogP contribution in [0, 0.1) is 0 Å². The molecule has 0 aromatic carbocycles. The van der Waals surface area contributed by atoms with Crippen molar-refractivity contribution in [2.75, 3.05) is 0 Å². The average molecular weight is 142 g/mol. The fourth-order valence-corrected chi connectivity index (χ4v) is 0.518. The van der Waals surface area contributed by atoms with Crippen LogP contribution in [0.1, 0.15) is 6.92 Å². The van der Waals surface area contributed by atoms with Crippen molar-refractivity contribution in [1.82, 2.24) is 9.71 Å². The highest BCUT2D eigenvalue weighted by Gasteiger charge is 1.97. The molecule has 0 radical (unpaired) electrons. The number of hydrogen-bond acceptors (Lipinski definition) is 3. The third-order valence-electron chi connectivity index (χ3n) is 0.844. The second-order valence-corrected chi connectivity index (χ2v) is 1.67. The summed E-state index contributed by atoms with van der Waals surface area (Å²) in [4.78, 5) is 27.6. The molecule has 0 bridgehead atoms. The van der Waals surface area contributed by atoms with Crippen LogP contribution >= 0.6 is 0 Å². The normalized spacial score (nSPS) is 9.30. The molecule has 1 heterocycles. The highest BCUT2D eigenvalue weighted by atomic mass is 16.7. The molecule has 0 aliphatic heterocycles. The minimum atomic E-state index is -0.526. The Bertz CT molecular complexity index is 285. The predicted octanol–water partition coefficient (Wildman–Crippen LogP) is -0.849. The van der Waals surface area contributed by atoms with Gasteiger partial charge in [0.25, 0.3) is 0 Å². The van der Waals surface area contributed by atoms with Gasteiger partial charge < -0.3 is 9.82 Å². The lowest BCUT2D eigenvalue weighted by Gasteiger charge is -1.95. The quantitative estimate of drug-likeness (QED) is 0.555. The number of hydrogen-bond donors (Lipinski definition) is 1. The minimum Gasteiger partial charge on any atom is -0.333 e. The van der Waals surface area contributed by atoms with Gasteiger partial charge in [-0.2, -0.15) is 0 Å². The average Bonchev–Trinajstić information content (AvgIpc) is 2.15. The molecule has 1 rings (SSSR count). The molecule has 1 aromatic rings. The lowest BCUT2D eigenvalue weighted by Crippen LogP contribution is -2.26. The van der Waals surface area contributed by atoms with Crippen LogP contribution in [0.25, 0.3) is 0 Å². The van der Waals surface area contributed by atoms with Gasteiger partial charge in [-0.15, -0.1) is 4.73 Å². The number of aromatic amines is 1. The summed E-state index contributed by atoms with van der Waals surface area (Å²) in [5.74, 6) is -0.526. The Labute approximate surface area is 56.2 Å². The zero-order valence-electron chi connectivity index (χ0n) is 5.33. The Balaban J connectivity index is 2.85. The topological polar surface area (TPSA) is 64.1 Å². The van der Waals surface area contributed by atoms with Crippen molar-refractivity contribution in [1.29, 1.82) is 0 Å². The molecule has 0 amide bonds. The van der Waals surface area contributed by atoms with Gasteiger partial charge in [-0.1, -0.05) is 0 Å². The van der Waals surface area contributed by atoms with Gasteiger partial charge in [0, 0.05) is 13.1 Å².